The minimum atomic E-state index is -5.51. The van der Waals surface area contributed by atoms with Gasteiger partial charge in [0.25, 0.3) is 5.56 Å². The van der Waals surface area contributed by atoms with E-state index in [9.17, 15) is 48.9 Å². The second kappa shape index (κ2) is 11.2. The van der Waals surface area contributed by atoms with Crippen molar-refractivity contribution in [2.45, 2.75) is 55.2 Å². The highest BCUT2D eigenvalue weighted by molar-refractivity contribution is 7.61. The van der Waals surface area contributed by atoms with Gasteiger partial charge in [0.2, 0.25) is 0 Å². The topological polar surface area (TPSA) is 303 Å². The third kappa shape index (κ3) is 6.54. The smallest absolute Gasteiger partial charge is 0.394 e. The summed E-state index contributed by atoms with van der Waals surface area (Å²) in [5.74, 6) is 0. The third-order valence-electron chi connectivity index (χ3n) is 5.24. The molecule has 0 radical (unpaired) electrons. The molecular weight excluding hydrogens is 540 g/mol. The Balaban J connectivity index is 1.61. The van der Waals surface area contributed by atoms with Crippen molar-refractivity contribution >= 4 is 15.6 Å². The quantitative estimate of drug-likeness (QED) is 0.127. The van der Waals surface area contributed by atoms with E-state index in [4.69, 9.17) is 20.3 Å². The summed E-state index contributed by atoms with van der Waals surface area (Å²) in [7, 11) is -11.0. The summed E-state index contributed by atoms with van der Waals surface area (Å²) in [6.07, 6.45) is -12.5. The highest BCUT2D eigenvalue weighted by Crippen LogP contribution is 2.61. The molecule has 2 aliphatic heterocycles. The maximum absolute atomic E-state index is 12.2. The number of aromatic nitrogens is 2. The molecule has 0 aromatic carbocycles. The monoisotopic (exact) mass is 565 g/mol. The Morgan fingerprint density at radius 1 is 1.00 bits per heavy atom. The number of nitrogens with zero attached hydrogens (tertiary/aromatic N) is 1. The first kappa shape index (κ1) is 29.2. The van der Waals surface area contributed by atoms with E-state index in [1.165, 1.54) is 0 Å². The van der Waals surface area contributed by atoms with Gasteiger partial charge in [0.15, 0.2) is 12.5 Å². The van der Waals surface area contributed by atoms with Gasteiger partial charge in [-0.1, -0.05) is 0 Å². The van der Waals surface area contributed by atoms with Crippen LogP contribution in [0.5, 0.6) is 0 Å². The predicted octanol–water partition coefficient (Wildman–Crippen LogP) is -4.83. The SMILES string of the molecule is NC1[C@H](OP(=O)(O)OP(=O)(O)OCC2OC(n3ccc(=O)[nH]c3=O)[C@H](O)[C@@H]2O)OC(CO)[C@H](O)[C@@H]1O. The molecule has 0 saturated carbocycles. The molecule has 2 aliphatic rings. The van der Waals surface area contributed by atoms with E-state index in [-0.39, 0.29) is 0 Å². The molecule has 1 aromatic rings. The Kier molecular flexibility index (Phi) is 9.05. The van der Waals surface area contributed by atoms with Crippen molar-refractivity contribution in [1.29, 1.82) is 0 Å². The Bertz CT molecular complexity index is 1130. The summed E-state index contributed by atoms with van der Waals surface area (Å²) in [5, 5.41) is 49.0. The number of aliphatic hydroxyl groups excluding tert-OH is 5. The van der Waals surface area contributed by atoms with Crippen molar-refractivity contribution < 1.29 is 67.3 Å². The molecule has 2 saturated heterocycles. The molecule has 21 heteroatoms. The van der Waals surface area contributed by atoms with E-state index in [0.717, 1.165) is 16.8 Å². The van der Waals surface area contributed by atoms with Gasteiger partial charge in [-0.2, -0.15) is 4.31 Å². The fraction of sp³-hybridized carbons (Fsp3) is 0.733. The van der Waals surface area contributed by atoms with Crippen LogP contribution in [0.1, 0.15) is 6.23 Å². The number of nitrogens with two attached hydrogens (primary N) is 1. The number of ether oxygens (including phenoxy) is 2. The van der Waals surface area contributed by atoms with Crippen LogP contribution in [0.2, 0.25) is 0 Å². The van der Waals surface area contributed by atoms with Crippen LogP contribution in [0.4, 0.5) is 0 Å². The number of phosphoric ester groups is 2. The molecule has 206 valence electrons. The number of H-pyrrole nitrogens is 1. The summed E-state index contributed by atoms with van der Waals surface area (Å²) in [4.78, 5) is 44.6. The van der Waals surface area contributed by atoms with Crippen LogP contribution >= 0.6 is 15.6 Å². The molecule has 2 fully saturated rings. The molecule has 3 heterocycles. The first-order chi connectivity index (χ1) is 16.7. The van der Waals surface area contributed by atoms with Crippen molar-refractivity contribution in [2.24, 2.45) is 5.73 Å². The second-order valence-electron chi connectivity index (χ2n) is 7.77. The fourth-order valence-electron chi connectivity index (χ4n) is 3.39. The Morgan fingerprint density at radius 2 is 1.64 bits per heavy atom. The van der Waals surface area contributed by atoms with Crippen molar-refractivity contribution in [3.05, 3.63) is 33.1 Å². The van der Waals surface area contributed by atoms with E-state index in [1.54, 1.807) is 0 Å². The van der Waals surface area contributed by atoms with Crippen LogP contribution in [0.15, 0.2) is 21.9 Å². The molecule has 1 aromatic heterocycles. The molecule has 0 aliphatic carbocycles. The normalized spacial score (nSPS) is 38.4. The molecule has 0 spiro atoms. The van der Waals surface area contributed by atoms with Gasteiger partial charge in [-0.15, -0.1) is 0 Å². The van der Waals surface area contributed by atoms with E-state index >= 15 is 0 Å². The maximum Gasteiger partial charge on any atom is 0.483 e. The van der Waals surface area contributed by atoms with Gasteiger partial charge >= 0.3 is 21.3 Å². The van der Waals surface area contributed by atoms with Crippen LogP contribution in [-0.4, -0.2) is 107 Å². The predicted molar refractivity (Wildman–Crippen MR) is 111 cm³/mol. The van der Waals surface area contributed by atoms with E-state index in [1.807, 2.05) is 4.98 Å². The van der Waals surface area contributed by atoms with Gasteiger partial charge in [-0.05, 0) is 0 Å². The van der Waals surface area contributed by atoms with E-state index in [0.29, 0.717) is 0 Å². The number of rotatable bonds is 9. The average molecular weight is 565 g/mol. The number of aliphatic hydroxyl groups is 5. The first-order valence-corrected chi connectivity index (χ1v) is 13.1. The van der Waals surface area contributed by atoms with Crippen LogP contribution in [-0.2, 0) is 32.0 Å². The van der Waals surface area contributed by atoms with Gasteiger partial charge in [-0.3, -0.25) is 23.4 Å². The van der Waals surface area contributed by atoms with Crippen molar-refractivity contribution in [1.82, 2.24) is 9.55 Å². The number of hydrogen-bond donors (Lipinski definition) is 9. The van der Waals surface area contributed by atoms with E-state index in [2.05, 4.69) is 13.4 Å². The van der Waals surface area contributed by atoms with Crippen molar-refractivity contribution in [2.75, 3.05) is 13.2 Å². The number of hydrogen-bond acceptors (Lipinski definition) is 15. The van der Waals surface area contributed by atoms with Crippen LogP contribution in [0.3, 0.4) is 0 Å². The van der Waals surface area contributed by atoms with Gasteiger partial charge in [0.1, 0.15) is 36.6 Å². The Hall–Kier alpha value is -1.38. The van der Waals surface area contributed by atoms with Crippen LogP contribution in [0.25, 0.3) is 0 Å². The molecular formula is C15H25N3O16P2. The number of phosphoric acid groups is 2. The summed E-state index contributed by atoms with van der Waals surface area (Å²) < 4.78 is 48.5. The summed E-state index contributed by atoms with van der Waals surface area (Å²) in [6.45, 7) is -1.84. The molecule has 6 unspecified atom stereocenters. The first-order valence-electron chi connectivity index (χ1n) is 10.1. The van der Waals surface area contributed by atoms with Gasteiger partial charge in [0, 0.05) is 12.3 Å². The summed E-state index contributed by atoms with van der Waals surface area (Å²) in [6, 6.07) is -0.699. The highest BCUT2D eigenvalue weighted by Gasteiger charge is 2.49. The standard InChI is InChI=1S/C15H25N3O16P2/c16-8-11(23)9(21)5(3-19)32-14(8)33-36(28,29)34-35(26,27)30-4-6-10(22)12(24)13(31-6)18-2-1-7(20)17-15(18)25/h1-2,5-6,8-14,19,21-24H,3-4,16H2,(H,26,27)(H,28,29)(H,17,20,25)/t5?,6?,8?,9-,10+,11+,12+,13?,14-/m0/s1. The zero-order valence-corrected chi connectivity index (χ0v) is 19.8. The van der Waals surface area contributed by atoms with Crippen molar-refractivity contribution in [3.63, 3.8) is 0 Å². The van der Waals surface area contributed by atoms with Gasteiger partial charge in [-0.25, -0.2) is 13.9 Å². The molecule has 10 N–H and O–H groups in total. The lowest BCUT2D eigenvalue weighted by Crippen LogP contribution is -2.62. The lowest BCUT2D eigenvalue weighted by atomic mass is 9.98. The maximum atomic E-state index is 12.2. The largest absolute Gasteiger partial charge is 0.483 e. The Labute approximate surface area is 200 Å². The zero-order valence-electron chi connectivity index (χ0n) is 18.0. The third-order valence-corrected chi connectivity index (χ3v) is 7.84. The van der Waals surface area contributed by atoms with Crippen LogP contribution in [0, 0.1) is 0 Å². The van der Waals surface area contributed by atoms with E-state index < -0.39 is 95.3 Å². The fourth-order valence-corrected chi connectivity index (χ4v) is 5.57. The lowest BCUT2D eigenvalue weighted by Gasteiger charge is -2.40. The highest BCUT2D eigenvalue weighted by atomic mass is 31.3. The van der Waals surface area contributed by atoms with Crippen LogP contribution < -0.4 is 17.0 Å². The number of nitrogens with one attached hydrogen (secondary N) is 1. The lowest BCUT2D eigenvalue weighted by molar-refractivity contribution is -0.242. The molecule has 0 bridgehead atoms. The molecule has 19 nitrogen and oxygen atoms in total. The molecule has 0 amide bonds. The molecule has 3 rings (SSSR count). The number of aromatic amines is 1. The van der Waals surface area contributed by atoms with Gasteiger partial charge in [0.05, 0.1) is 19.3 Å². The second-order valence-corrected chi connectivity index (χ2v) is 10.8. The minimum absolute atomic E-state index is 0.735. The summed E-state index contributed by atoms with van der Waals surface area (Å²) in [5.41, 5.74) is 3.82. The molecule has 11 atom stereocenters. The Morgan fingerprint density at radius 3 is 2.25 bits per heavy atom. The van der Waals surface area contributed by atoms with Gasteiger partial charge < -0.3 is 50.5 Å². The minimum Gasteiger partial charge on any atom is -0.394 e. The van der Waals surface area contributed by atoms with Crippen molar-refractivity contribution in [3.8, 4) is 0 Å². The summed E-state index contributed by atoms with van der Waals surface area (Å²) >= 11 is 0. The average Bonchev–Trinajstić information content (AvgIpc) is 3.06. The molecule has 36 heavy (non-hydrogen) atoms. The zero-order chi connectivity index (χ0) is 27.0.